The van der Waals surface area contributed by atoms with Crippen LogP contribution < -0.4 is 9.47 Å². The average molecular weight is 321 g/mol. The Labute approximate surface area is 122 Å². The predicted molar refractivity (Wildman–Crippen MR) is 81.2 cm³/mol. The van der Waals surface area contributed by atoms with E-state index in [-0.39, 0.29) is 0 Å². The normalized spacial score (nSPS) is 11.9. The highest BCUT2D eigenvalue weighted by molar-refractivity contribution is 9.09. The van der Waals surface area contributed by atoms with Crippen LogP contribution in [-0.2, 0) is 0 Å². The summed E-state index contributed by atoms with van der Waals surface area (Å²) in [5, 5.41) is 0. The van der Waals surface area contributed by atoms with Crippen molar-refractivity contribution in [3.05, 3.63) is 60.2 Å². The minimum atomic E-state index is 0.309. The fraction of sp³-hybridized carbons (Fsp3) is 0.250. The SMILES string of the molecule is COc1ccccc1OCCC(Br)c1ccccc1. The number of hydrogen-bond acceptors (Lipinski definition) is 2. The molecule has 1 atom stereocenters. The molecule has 100 valence electrons. The van der Waals surface area contributed by atoms with Crippen molar-refractivity contribution in [1.82, 2.24) is 0 Å². The summed E-state index contributed by atoms with van der Waals surface area (Å²) in [7, 11) is 1.65. The van der Waals surface area contributed by atoms with Crippen molar-refractivity contribution >= 4 is 15.9 Å². The molecule has 0 saturated heterocycles. The smallest absolute Gasteiger partial charge is 0.161 e. The van der Waals surface area contributed by atoms with Gasteiger partial charge in [0.25, 0.3) is 0 Å². The van der Waals surface area contributed by atoms with Crippen LogP contribution in [0.15, 0.2) is 54.6 Å². The molecule has 0 saturated carbocycles. The number of rotatable bonds is 6. The number of hydrogen-bond donors (Lipinski definition) is 0. The number of ether oxygens (including phenoxy) is 2. The zero-order valence-electron chi connectivity index (χ0n) is 10.9. The number of alkyl halides is 1. The van der Waals surface area contributed by atoms with E-state index in [1.807, 2.05) is 42.5 Å². The van der Waals surface area contributed by atoms with Crippen LogP contribution >= 0.6 is 15.9 Å². The molecular weight excluding hydrogens is 304 g/mol. The highest BCUT2D eigenvalue weighted by Gasteiger charge is 2.08. The maximum Gasteiger partial charge on any atom is 0.161 e. The van der Waals surface area contributed by atoms with Crippen LogP contribution in [-0.4, -0.2) is 13.7 Å². The van der Waals surface area contributed by atoms with Crippen molar-refractivity contribution in [2.45, 2.75) is 11.2 Å². The maximum absolute atomic E-state index is 5.77. The topological polar surface area (TPSA) is 18.5 Å². The van der Waals surface area contributed by atoms with Crippen LogP contribution in [0.1, 0.15) is 16.8 Å². The minimum Gasteiger partial charge on any atom is -0.493 e. The van der Waals surface area contributed by atoms with Gasteiger partial charge >= 0.3 is 0 Å². The van der Waals surface area contributed by atoms with E-state index in [2.05, 4.69) is 28.1 Å². The molecule has 0 amide bonds. The van der Waals surface area contributed by atoms with E-state index in [0.717, 1.165) is 17.9 Å². The summed E-state index contributed by atoms with van der Waals surface area (Å²) in [6.45, 7) is 0.644. The molecule has 0 bridgehead atoms. The second kappa shape index (κ2) is 7.19. The van der Waals surface area contributed by atoms with Crippen LogP contribution in [0.4, 0.5) is 0 Å². The van der Waals surface area contributed by atoms with E-state index in [1.54, 1.807) is 7.11 Å². The van der Waals surface area contributed by atoms with Gasteiger partial charge in [0.05, 0.1) is 13.7 Å². The molecular formula is C16H17BrO2. The molecule has 0 N–H and O–H groups in total. The maximum atomic E-state index is 5.77. The fourth-order valence-corrected chi connectivity index (χ4v) is 2.33. The monoisotopic (exact) mass is 320 g/mol. The Morgan fingerprint density at radius 3 is 2.26 bits per heavy atom. The van der Waals surface area contributed by atoms with Crippen molar-refractivity contribution in [3.63, 3.8) is 0 Å². The molecule has 0 spiro atoms. The molecule has 0 aliphatic rings. The first kappa shape index (κ1) is 13.9. The number of halogens is 1. The van der Waals surface area contributed by atoms with E-state index in [9.17, 15) is 0 Å². The van der Waals surface area contributed by atoms with Crippen LogP contribution in [0.5, 0.6) is 11.5 Å². The van der Waals surface area contributed by atoms with Gasteiger partial charge in [0.15, 0.2) is 11.5 Å². The number of benzene rings is 2. The van der Waals surface area contributed by atoms with Gasteiger partial charge in [-0.3, -0.25) is 0 Å². The van der Waals surface area contributed by atoms with E-state index in [0.29, 0.717) is 11.4 Å². The van der Waals surface area contributed by atoms with Crippen LogP contribution in [0.25, 0.3) is 0 Å². The van der Waals surface area contributed by atoms with Gasteiger partial charge < -0.3 is 9.47 Å². The first-order valence-corrected chi connectivity index (χ1v) is 7.17. The number of para-hydroxylation sites is 2. The lowest BCUT2D eigenvalue weighted by molar-refractivity contribution is 0.289. The van der Waals surface area contributed by atoms with E-state index in [1.165, 1.54) is 5.56 Å². The second-order valence-electron chi connectivity index (χ2n) is 4.17. The highest BCUT2D eigenvalue weighted by Crippen LogP contribution is 2.29. The molecule has 0 heterocycles. The Bertz CT molecular complexity index is 499. The lowest BCUT2D eigenvalue weighted by Crippen LogP contribution is -2.02. The molecule has 1 unspecified atom stereocenters. The quantitative estimate of drug-likeness (QED) is 0.724. The average Bonchev–Trinajstić information content (AvgIpc) is 2.48. The van der Waals surface area contributed by atoms with Gasteiger partial charge in [0, 0.05) is 4.83 Å². The standard InChI is InChI=1S/C16H17BrO2/c1-18-15-9-5-6-10-16(15)19-12-11-14(17)13-7-3-2-4-8-13/h2-10,14H,11-12H2,1H3. The minimum absolute atomic E-state index is 0.309. The first-order chi connectivity index (χ1) is 9.31. The van der Waals surface area contributed by atoms with Gasteiger partial charge in [-0.05, 0) is 24.1 Å². The largest absolute Gasteiger partial charge is 0.493 e. The summed E-state index contributed by atoms with van der Waals surface area (Å²) in [4.78, 5) is 0.309. The summed E-state index contributed by atoms with van der Waals surface area (Å²) in [5.74, 6) is 1.56. The third kappa shape index (κ3) is 4.00. The van der Waals surface area contributed by atoms with Crippen molar-refractivity contribution in [2.24, 2.45) is 0 Å². The van der Waals surface area contributed by atoms with Crippen molar-refractivity contribution in [3.8, 4) is 11.5 Å². The Kier molecular flexibility index (Phi) is 5.28. The van der Waals surface area contributed by atoms with Gasteiger partial charge in [-0.2, -0.15) is 0 Å². The molecule has 3 heteroatoms. The molecule has 19 heavy (non-hydrogen) atoms. The Morgan fingerprint density at radius 2 is 1.58 bits per heavy atom. The zero-order chi connectivity index (χ0) is 13.5. The molecule has 2 aromatic rings. The summed E-state index contributed by atoms with van der Waals surface area (Å²) in [6, 6.07) is 18.0. The van der Waals surface area contributed by atoms with Gasteiger partial charge in [-0.1, -0.05) is 58.4 Å². The molecule has 2 aromatic carbocycles. The van der Waals surface area contributed by atoms with Gasteiger partial charge in [0.1, 0.15) is 0 Å². The first-order valence-electron chi connectivity index (χ1n) is 6.26. The van der Waals surface area contributed by atoms with Gasteiger partial charge in [-0.15, -0.1) is 0 Å². The highest BCUT2D eigenvalue weighted by atomic mass is 79.9. The predicted octanol–water partition coefficient (Wildman–Crippen LogP) is 4.60. The Morgan fingerprint density at radius 1 is 0.947 bits per heavy atom. The lowest BCUT2D eigenvalue weighted by Gasteiger charge is -2.13. The summed E-state index contributed by atoms with van der Waals surface area (Å²) in [6.07, 6.45) is 0.905. The summed E-state index contributed by atoms with van der Waals surface area (Å²) in [5.41, 5.74) is 1.27. The molecule has 0 aromatic heterocycles. The summed E-state index contributed by atoms with van der Waals surface area (Å²) < 4.78 is 11.0. The molecule has 0 aliphatic heterocycles. The van der Waals surface area contributed by atoms with Crippen LogP contribution in [0.3, 0.4) is 0 Å². The van der Waals surface area contributed by atoms with Crippen LogP contribution in [0.2, 0.25) is 0 Å². The van der Waals surface area contributed by atoms with Crippen molar-refractivity contribution < 1.29 is 9.47 Å². The van der Waals surface area contributed by atoms with Gasteiger partial charge in [-0.25, -0.2) is 0 Å². The Balaban J connectivity index is 1.87. The van der Waals surface area contributed by atoms with Crippen LogP contribution in [0, 0.1) is 0 Å². The second-order valence-corrected chi connectivity index (χ2v) is 5.27. The van der Waals surface area contributed by atoms with E-state index in [4.69, 9.17) is 9.47 Å². The molecule has 2 rings (SSSR count). The molecule has 0 aliphatic carbocycles. The third-order valence-electron chi connectivity index (χ3n) is 2.86. The van der Waals surface area contributed by atoms with E-state index >= 15 is 0 Å². The molecule has 2 nitrogen and oxygen atoms in total. The Hall–Kier alpha value is -1.48. The zero-order valence-corrected chi connectivity index (χ0v) is 12.5. The van der Waals surface area contributed by atoms with E-state index < -0.39 is 0 Å². The third-order valence-corrected chi connectivity index (χ3v) is 3.85. The molecule has 0 radical (unpaired) electrons. The van der Waals surface area contributed by atoms with Gasteiger partial charge in [0.2, 0.25) is 0 Å². The van der Waals surface area contributed by atoms with Crippen molar-refractivity contribution in [1.29, 1.82) is 0 Å². The number of methoxy groups -OCH3 is 1. The fourth-order valence-electron chi connectivity index (χ4n) is 1.84. The lowest BCUT2D eigenvalue weighted by atomic mass is 10.1. The summed E-state index contributed by atoms with van der Waals surface area (Å²) >= 11 is 3.68. The molecule has 0 fully saturated rings. The van der Waals surface area contributed by atoms with Crippen molar-refractivity contribution in [2.75, 3.05) is 13.7 Å².